The van der Waals surface area contributed by atoms with Gasteiger partial charge in [0.15, 0.2) is 0 Å². The molecule has 0 atom stereocenters. The minimum atomic E-state index is 0.428. The Balaban J connectivity index is 2.49. The molecule has 11 heavy (non-hydrogen) atoms. The van der Waals surface area contributed by atoms with Crippen molar-refractivity contribution < 1.29 is 4.74 Å². The topological polar surface area (TPSA) is 35.7 Å². The number of ether oxygens (including phenoxy) is 1. The lowest BCUT2D eigenvalue weighted by atomic mass is 10.1. The second-order valence-corrected chi connectivity index (χ2v) is 2.70. The summed E-state index contributed by atoms with van der Waals surface area (Å²) in [6.07, 6.45) is 1.88. The first-order valence-corrected chi connectivity index (χ1v) is 3.87. The molecule has 0 saturated carbocycles. The highest BCUT2D eigenvalue weighted by Crippen LogP contribution is 2.09. The van der Waals surface area contributed by atoms with Crippen LogP contribution in [-0.2, 0) is 4.74 Å². The van der Waals surface area contributed by atoms with Gasteiger partial charge in [-0.1, -0.05) is 13.8 Å². The van der Waals surface area contributed by atoms with Crippen LogP contribution in [0.2, 0.25) is 0 Å². The number of rotatable bonds is 3. The quantitative estimate of drug-likeness (QED) is 0.605. The molecule has 1 rings (SSSR count). The molecule has 0 amide bonds. The lowest BCUT2D eigenvalue weighted by Gasteiger charge is -1.98. The SMILES string of the molecule is CCOC1=CC(C(C)C)=N[N]1. The van der Waals surface area contributed by atoms with Gasteiger partial charge in [-0.05, 0) is 12.8 Å². The van der Waals surface area contributed by atoms with E-state index in [0.717, 1.165) is 5.71 Å². The molecule has 3 heteroatoms. The lowest BCUT2D eigenvalue weighted by Crippen LogP contribution is -2.00. The first-order chi connectivity index (χ1) is 5.24. The van der Waals surface area contributed by atoms with E-state index in [9.17, 15) is 0 Å². The first-order valence-electron chi connectivity index (χ1n) is 3.87. The molecule has 0 saturated heterocycles. The van der Waals surface area contributed by atoms with Crippen molar-refractivity contribution in [2.75, 3.05) is 6.61 Å². The number of allylic oxidation sites excluding steroid dienone is 1. The standard InChI is InChI=1S/C8H13N2O/c1-4-11-8-5-7(6(2)3)9-10-8/h5-6H,4H2,1-3H3. The minimum Gasteiger partial charge on any atom is -0.477 e. The number of hydrogen-bond acceptors (Lipinski definition) is 2. The molecule has 61 valence electrons. The van der Waals surface area contributed by atoms with Crippen LogP contribution in [0.5, 0.6) is 0 Å². The summed E-state index contributed by atoms with van der Waals surface area (Å²) in [6.45, 7) is 6.75. The average molecular weight is 153 g/mol. The summed E-state index contributed by atoms with van der Waals surface area (Å²) in [4.78, 5) is 0. The molecule has 0 unspecified atom stereocenters. The maximum atomic E-state index is 5.16. The van der Waals surface area contributed by atoms with Crippen LogP contribution in [0.4, 0.5) is 0 Å². The summed E-state index contributed by atoms with van der Waals surface area (Å²) < 4.78 is 5.16. The summed E-state index contributed by atoms with van der Waals surface area (Å²) >= 11 is 0. The Kier molecular flexibility index (Phi) is 2.52. The zero-order valence-corrected chi connectivity index (χ0v) is 7.16. The predicted molar refractivity (Wildman–Crippen MR) is 44.1 cm³/mol. The van der Waals surface area contributed by atoms with Gasteiger partial charge in [-0.25, -0.2) is 0 Å². The van der Waals surface area contributed by atoms with Gasteiger partial charge in [0, 0.05) is 6.08 Å². The highest BCUT2D eigenvalue weighted by Gasteiger charge is 2.12. The van der Waals surface area contributed by atoms with Crippen molar-refractivity contribution >= 4 is 5.71 Å². The van der Waals surface area contributed by atoms with E-state index in [1.165, 1.54) is 0 Å². The van der Waals surface area contributed by atoms with E-state index in [1.807, 2.05) is 13.0 Å². The fourth-order valence-corrected chi connectivity index (χ4v) is 0.792. The maximum Gasteiger partial charge on any atom is 0.235 e. The molecule has 1 aliphatic rings. The Labute approximate surface area is 67.1 Å². The average Bonchev–Trinajstić information content (AvgIpc) is 2.37. The van der Waals surface area contributed by atoms with Crippen LogP contribution >= 0.6 is 0 Å². The monoisotopic (exact) mass is 153 g/mol. The summed E-state index contributed by atoms with van der Waals surface area (Å²) in [7, 11) is 0. The van der Waals surface area contributed by atoms with Crippen LogP contribution in [0.1, 0.15) is 20.8 Å². The van der Waals surface area contributed by atoms with Gasteiger partial charge in [0.05, 0.1) is 12.3 Å². The van der Waals surface area contributed by atoms with Crippen LogP contribution < -0.4 is 5.43 Å². The lowest BCUT2D eigenvalue weighted by molar-refractivity contribution is 0.208. The van der Waals surface area contributed by atoms with Gasteiger partial charge in [0.25, 0.3) is 0 Å². The van der Waals surface area contributed by atoms with Crippen LogP contribution in [0.25, 0.3) is 0 Å². The van der Waals surface area contributed by atoms with E-state index < -0.39 is 0 Å². The van der Waals surface area contributed by atoms with E-state index in [4.69, 9.17) is 4.74 Å². The summed E-state index contributed by atoms with van der Waals surface area (Å²) in [6, 6.07) is 0. The van der Waals surface area contributed by atoms with Gasteiger partial charge in [0.2, 0.25) is 5.88 Å². The molecule has 0 fully saturated rings. The maximum absolute atomic E-state index is 5.16. The number of hydrogen-bond donors (Lipinski definition) is 0. The van der Waals surface area contributed by atoms with Crippen LogP contribution in [0.15, 0.2) is 17.1 Å². The number of nitrogens with zero attached hydrogens (tertiary/aromatic N) is 2. The first kappa shape index (κ1) is 8.11. The molecule has 0 bridgehead atoms. The van der Waals surface area contributed by atoms with Gasteiger partial charge in [-0.2, -0.15) is 5.10 Å². The second kappa shape index (κ2) is 3.42. The molecular weight excluding hydrogens is 140 g/mol. The van der Waals surface area contributed by atoms with E-state index in [2.05, 4.69) is 24.4 Å². The largest absolute Gasteiger partial charge is 0.477 e. The Hall–Kier alpha value is -0.990. The fraction of sp³-hybridized carbons (Fsp3) is 0.625. The third kappa shape index (κ3) is 1.97. The summed E-state index contributed by atoms with van der Waals surface area (Å²) in [5.41, 5.74) is 4.85. The third-order valence-electron chi connectivity index (χ3n) is 1.42. The normalized spacial score (nSPS) is 16.0. The second-order valence-electron chi connectivity index (χ2n) is 2.70. The van der Waals surface area contributed by atoms with E-state index >= 15 is 0 Å². The van der Waals surface area contributed by atoms with Crippen molar-refractivity contribution in [3.8, 4) is 0 Å². The zero-order chi connectivity index (χ0) is 8.27. The summed E-state index contributed by atoms with van der Waals surface area (Å²) in [5.74, 6) is 1.06. The zero-order valence-electron chi connectivity index (χ0n) is 7.16. The van der Waals surface area contributed by atoms with Crippen LogP contribution in [0.3, 0.4) is 0 Å². The smallest absolute Gasteiger partial charge is 0.235 e. The molecule has 0 spiro atoms. The molecule has 0 N–H and O–H groups in total. The van der Waals surface area contributed by atoms with Crippen molar-refractivity contribution in [3.63, 3.8) is 0 Å². The van der Waals surface area contributed by atoms with Crippen molar-refractivity contribution in [3.05, 3.63) is 12.0 Å². The summed E-state index contributed by atoms with van der Waals surface area (Å²) in [5, 5.41) is 3.96. The van der Waals surface area contributed by atoms with E-state index in [0.29, 0.717) is 18.4 Å². The Morgan fingerprint density at radius 2 is 2.27 bits per heavy atom. The van der Waals surface area contributed by atoms with Gasteiger partial charge >= 0.3 is 0 Å². The highest BCUT2D eigenvalue weighted by atomic mass is 16.5. The van der Waals surface area contributed by atoms with Gasteiger partial charge in [0.1, 0.15) is 0 Å². The van der Waals surface area contributed by atoms with Crippen molar-refractivity contribution in [1.82, 2.24) is 5.43 Å². The van der Waals surface area contributed by atoms with Crippen molar-refractivity contribution in [2.45, 2.75) is 20.8 Å². The van der Waals surface area contributed by atoms with Gasteiger partial charge in [-0.15, -0.1) is 5.43 Å². The van der Waals surface area contributed by atoms with Crippen LogP contribution in [0, 0.1) is 5.92 Å². The van der Waals surface area contributed by atoms with Crippen molar-refractivity contribution in [2.24, 2.45) is 11.0 Å². The molecule has 1 heterocycles. The predicted octanol–water partition coefficient (Wildman–Crippen LogP) is 1.49. The van der Waals surface area contributed by atoms with Gasteiger partial charge in [-0.3, -0.25) is 0 Å². The Morgan fingerprint density at radius 1 is 1.55 bits per heavy atom. The molecule has 1 aliphatic heterocycles. The minimum absolute atomic E-state index is 0.428. The highest BCUT2D eigenvalue weighted by molar-refractivity contribution is 5.97. The Bertz CT molecular complexity index is 194. The van der Waals surface area contributed by atoms with Gasteiger partial charge < -0.3 is 4.74 Å². The molecule has 0 aliphatic carbocycles. The molecule has 1 radical (unpaired) electrons. The van der Waals surface area contributed by atoms with E-state index in [1.54, 1.807) is 0 Å². The van der Waals surface area contributed by atoms with Crippen molar-refractivity contribution in [1.29, 1.82) is 0 Å². The van der Waals surface area contributed by atoms with Crippen LogP contribution in [-0.4, -0.2) is 12.3 Å². The van der Waals surface area contributed by atoms with E-state index in [-0.39, 0.29) is 0 Å². The Morgan fingerprint density at radius 3 is 2.73 bits per heavy atom. The molecule has 3 nitrogen and oxygen atoms in total. The molecular formula is C8H13N2O. The molecule has 0 aromatic rings. The molecule has 0 aromatic carbocycles. The molecule has 0 aromatic heterocycles. The fourth-order valence-electron chi connectivity index (χ4n) is 0.792. The third-order valence-corrected chi connectivity index (χ3v) is 1.42.